The van der Waals surface area contributed by atoms with Crippen LogP contribution in [0, 0.1) is 6.07 Å². The van der Waals surface area contributed by atoms with Gasteiger partial charge in [0.1, 0.15) is 11.6 Å². The first kappa shape index (κ1) is 52.8. The second-order valence-electron chi connectivity index (χ2n) is 23.2. The van der Waals surface area contributed by atoms with Crippen LogP contribution >= 0.6 is 0 Å². The summed E-state index contributed by atoms with van der Waals surface area (Å²) < 4.78 is 44.1. The van der Waals surface area contributed by atoms with Crippen LogP contribution in [-0.4, -0.2) is 19.6 Å². The molecule has 0 spiro atoms. The minimum absolute atomic E-state index is 0. The molecule has 0 radical (unpaired) electrons. The smallest absolute Gasteiger partial charge is 0.417 e. The maximum absolute atomic E-state index is 14.0. The molecular weight excluding hydrogens is 1090 g/mol. The number of aromatic hydroxyl groups is 1. The van der Waals surface area contributed by atoms with E-state index >= 15 is 0 Å². The number of aromatic nitrogens is 3. The van der Waals surface area contributed by atoms with Gasteiger partial charge in [-0.2, -0.15) is 13.2 Å². The molecule has 0 amide bonds. The predicted molar refractivity (Wildman–Crippen MR) is 292 cm³/mol. The fourth-order valence-corrected chi connectivity index (χ4v) is 9.46. The van der Waals surface area contributed by atoms with E-state index in [1.165, 1.54) is 17.7 Å². The van der Waals surface area contributed by atoms with Gasteiger partial charge in [0.2, 0.25) is 0 Å². The number of phenols is 1. The van der Waals surface area contributed by atoms with Crippen molar-refractivity contribution in [3.8, 4) is 78.6 Å². The van der Waals surface area contributed by atoms with E-state index in [0.29, 0.717) is 22.6 Å². The molecule has 0 aliphatic carbocycles. The summed E-state index contributed by atoms with van der Waals surface area (Å²) >= 11 is 0. The van der Waals surface area contributed by atoms with Gasteiger partial charge in [-0.05, 0) is 97.0 Å². The number of hydrogen-bond acceptors (Lipinski definition) is 3. The van der Waals surface area contributed by atoms with Crippen molar-refractivity contribution in [2.75, 3.05) is 0 Å². The van der Waals surface area contributed by atoms with Crippen LogP contribution in [0.3, 0.4) is 0 Å². The van der Waals surface area contributed by atoms with E-state index in [0.717, 1.165) is 78.4 Å². The van der Waals surface area contributed by atoms with Gasteiger partial charge in [-0.1, -0.05) is 197 Å². The number of nitrogens with zero attached hydrogens (tertiary/aromatic N) is 3. The summed E-state index contributed by atoms with van der Waals surface area (Å²) in [5, 5.41) is 12.6. The van der Waals surface area contributed by atoms with Crippen molar-refractivity contribution >= 4 is 11.0 Å². The standard InChI is InChI=1S/C65H63F3N3O.Pt/c1-61(2,3)46-29-30-56(51(37-46)41-19-14-13-15-20-41)71-57-24-18-22-50(58(57)70-60(71)52-38-48(63(7,8)9)39-54(59(52)72)64(10,11)12)44-33-45(35-47(34-44)62(4,5)6)55-36-43(31-32-69-55)40-25-27-42(28-26-40)49-21-16-17-23-53(49)65(66,67)68;/h13-32,34-39,72H,1-12H3;/q-1;. The second kappa shape index (κ2) is 19.4. The van der Waals surface area contributed by atoms with Crippen LogP contribution in [0.2, 0.25) is 0 Å². The largest absolute Gasteiger partial charge is 0.507 e. The van der Waals surface area contributed by atoms with Crippen molar-refractivity contribution in [2.45, 2.75) is 111 Å². The molecule has 0 saturated carbocycles. The van der Waals surface area contributed by atoms with Gasteiger partial charge in [-0.3, -0.25) is 9.55 Å². The van der Waals surface area contributed by atoms with Crippen LogP contribution in [-0.2, 0) is 48.9 Å². The topological polar surface area (TPSA) is 50.9 Å². The Balaban J connectivity index is 0.00000711. The first-order chi connectivity index (χ1) is 33.8. The maximum atomic E-state index is 14.0. The summed E-state index contributed by atoms with van der Waals surface area (Å²) in [4.78, 5) is 10.5. The van der Waals surface area contributed by atoms with Gasteiger partial charge in [-0.25, -0.2) is 4.98 Å². The molecule has 9 aromatic rings. The third-order valence-electron chi connectivity index (χ3n) is 13.7. The third-order valence-corrected chi connectivity index (χ3v) is 13.7. The zero-order valence-electron chi connectivity index (χ0n) is 43.8. The van der Waals surface area contributed by atoms with Gasteiger partial charge in [0.05, 0.1) is 27.8 Å². The molecule has 8 heteroatoms. The van der Waals surface area contributed by atoms with Crippen LogP contribution in [0.15, 0.2) is 158 Å². The summed E-state index contributed by atoms with van der Waals surface area (Å²) in [6.45, 7) is 26.3. The van der Waals surface area contributed by atoms with Crippen LogP contribution in [0.4, 0.5) is 13.2 Å². The van der Waals surface area contributed by atoms with Crippen LogP contribution in [0.5, 0.6) is 5.75 Å². The Labute approximate surface area is 443 Å². The zero-order chi connectivity index (χ0) is 51.7. The molecule has 2 heterocycles. The molecule has 73 heavy (non-hydrogen) atoms. The minimum atomic E-state index is -4.47. The van der Waals surface area contributed by atoms with Gasteiger partial charge >= 0.3 is 6.18 Å². The Hall–Kier alpha value is -6.56. The molecule has 7 aromatic carbocycles. The molecule has 1 N–H and O–H groups in total. The summed E-state index contributed by atoms with van der Waals surface area (Å²) in [5.74, 6) is 0.832. The van der Waals surface area contributed by atoms with Crippen molar-refractivity contribution in [2.24, 2.45) is 0 Å². The number of benzene rings is 7. The molecule has 0 aliphatic heterocycles. The number of hydrogen-bond donors (Lipinski definition) is 1. The SMILES string of the molecule is CC(C)(C)c1cc(-c2cc(-c3ccc(-c4ccccc4C(F)(F)F)cc3)ccn2)[c-]c(-c2cccc3c2nc(-c2cc(C(C)(C)C)cc(C(C)(C)C)c2O)n3-c2ccc(C(C)(C)C)cc2-c2ccccc2)c1.[Pt]. The zero-order valence-corrected chi connectivity index (χ0v) is 46.0. The number of rotatable bonds is 7. The number of imidazole rings is 1. The van der Waals surface area contributed by atoms with Gasteiger partial charge < -0.3 is 5.11 Å². The van der Waals surface area contributed by atoms with E-state index in [1.54, 1.807) is 24.4 Å². The number of para-hydroxylation sites is 1. The Kier molecular flexibility index (Phi) is 14.0. The summed E-state index contributed by atoms with van der Waals surface area (Å²) in [5.41, 5.74) is 13.5. The molecular formula is C65H63F3N3OPt-. The van der Waals surface area contributed by atoms with Gasteiger partial charge in [0.25, 0.3) is 0 Å². The molecule has 0 unspecified atom stereocenters. The fourth-order valence-electron chi connectivity index (χ4n) is 9.46. The fraction of sp³-hybridized carbons (Fsp3) is 0.262. The van der Waals surface area contributed by atoms with Crippen molar-refractivity contribution in [1.82, 2.24) is 14.5 Å². The third kappa shape index (κ3) is 10.6. The van der Waals surface area contributed by atoms with Crippen molar-refractivity contribution in [3.63, 3.8) is 0 Å². The maximum Gasteiger partial charge on any atom is 0.417 e. The van der Waals surface area contributed by atoms with Crippen LogP contribution in [0.25, 0.3) is 83.9 Å². The normalized spacial score (nSPS) is 12.5. The minimum Gasteiger partial charge on any atom is -0.507 e. The summed E-state index contributed by atoms with van der Waals surface area (Å²) in [6, 6.07) is 52.6. The Bertz CT molecular complexity index is 3490. The molecule has 0 aliphatic rings. The second-order valence-corrected chi connectivity index (χ2v) is 23.2. The van der Waals surface area contributed by atoms with Crippen LogP contribution < -0.4 is 0 Å². The molecule has 9 rings (SSSR count). The van der Waals surface area contributed by atoms with E-state index in [4.69, 9.17) is 9.97 Å². The Morgan fingerprint density at radius 1 is 0.466 bits per heavy atom. The van der Waals surface area contributed by atoms with Crippen molar-refractivity contribution < 1.29 is 39.3 Å². The summed E-state index contributed by atoms with van der Waals surface area (Å²) in [6.07, 6.45) is -2.70. The molecule has 376 valence electrons. The number of phenolic OH excluding ortho intramolecular Hbond substituents is 1. The van der Waals surface area contributed by atoms with Gasteiger partial charge in [0, 0.05) is 44.1 Å². The summed E-state index contributed by atoms with van der Waals surface area (Å²) in [7, 11) is 0. The number of pyridine rings is 1. The first-order valence-corrected chi connectivity index (χ1v) is 24.7. The molecule has 0 atom stereocenters. The van der Waals surface area contributed by atoms with E-state index in [9.17, 15) is 18.3 Å². The van der Waals surface area contributed by atoms with Crippen LogP contribution in [0.1, 0.15) is 111 Å². The average molecular weight is 1150 g/mol. The number of alkyl halides is 3. The molecule has 0 fully saturated rings. The Morgan fingerprint density at radius 3 is 1.68 bits per heavy atom. The first-order valence-electron chi connectivity index (χ1n) is 24.7. The number of fused-ring (bicyclic) bond motifs is 1. The molecule has 4 nitrogen and oxygen atoms in total. The van der Waals surface area contributed by atoms with Gasteiger partial charge in [-0.15, -0.1) is 29.3 Å². The van der Waals surface area contributed by atoms with Crippen molar-refractivity contribution in [1.29, 1.82) is 0 Å². The molecule has 2 aromatic heterocycles. The van der Waals surface area contributed by atoms with E-state index in [-0.39, 0.29) is 54.0 Å². The van der Waals surface area contributed by atoms with Crippen molar-refractivity contribution in [3.05, 3.63) is 192 Å². The van der Waals surface area contributed by atoms with E-state index in [2.05, 4.69) is 179 Å². The molecule has 0 bridgehead atoms. The number of halogens is 3. The quantitative estimate of drug-likeness (QED) is 0.162. The van der Waals surface area contributed by atoms with Gasteiger partial charge in [0.15, 0.2) is 0 Å². The van der Waals surface area contributed by atoms with E-state index < -0.39 is 11.7 Å². The molecule has 0 saturated heterocycles. The van der Waals surface area contributed by atoms with E-state index in [1.807, 2.05) is 30.3 Å². The average Bonchev–Trinajstić information content (AvgIpc) is 3.72. The monoisotopic (exact) mass is 1150 g/mol. The Morgan fingerprint density at radius 2 is 1.04 bits per heavy atom. The predicted octanol–water partition coefficient (Wildman–Crippen LogP) is 18.1.